The number of methoxy groups -OCH3 is 2. The number of fused-ring (bicyclic) bond motifs is 3. The highest BCUT2D eigenvalue weighted by atomic mass is 19.4. The van der Waals surface area contributed by atoms with Gasteiger partial charge < -0.3 is 14.6 Å². The lowest BCUT2D eigenvalue weighted by atomic mass is 9.77. The Hall–Kier alpha value is -3.93. The van der Waals surface area contributed by atoms with E-state index in [2.05, 4.69) is 0 Å². The number of ether oxygens (including phenoxy) is 2. The van der Waals surface area contributed by atoms with Gasteiger partial charge in [-0.3, -0.25) is 24.2 Å². The molecular formula is C27H27F3N2O7. The maximum absolute atomic E-state index is 13.2. The summed E-state index contributed by atoms with van der Waals surface area (Å²) in [5, 5.41) is 7.12. The van der Waals surface area contributed by atoms with Gasteiger partial charge in [0.05, 0.1) is 26.1 Å². The molecule has 2 aromatic rings. The lowest BCUT2D eigenvalue weighted by Crippen LogP contribution is -2.54. The van der Waals surface area contributed by atoms with Crippen LogP contribution < -0.4 is 4.74 Å². The van der Waals surface area contributed by atoms with Crippen LogP contribution in [0.4, 0.5) is 13.2 Å². The van der Waals surface area contributed by atoms with Gasteiger partial charge in [-0.2, -0.15) is 13.2 Å². The number of esters is 1. The van der Waals surface area contributed by atoms with E-state index in [0.717, 1.165) is 23.1 Å². The Labute approximate surface area is 222 Å². The van der Waals surface area contributed by atoms with E-state index >= 15 is 0 Å². The summed E-state index contributed by atoms with van der Waals surface area (Å²) in [5.74, 6) is -4.41. The van der Waals surface area contributed by atoms with Crippen LogP contribution in [0.25, 0.3) is 11.1 Å². The van der Waals surface area contributed by atoms with Crippen molar-refractivity contribution in [1.29, 1.82) is 0 Å². The molecule has 12 heteroatoms. The molecule has 39 heavy (non-hydrogen) atoms. The number of carboxylic acid groups (broad SMARTS) is 1. The number of hydrogen-bond donors (Lipinski definition) is 1. The first-order chi connectivity index (χ1) is 18.4. The minimum Gasteiger partial charge on any atom is -0.496 e. The quantitative estimate of drug-likeness (QED) is 0.458. The second-order valence-electron chi connectivity index (χ2n) is 9.53. The number of carbonyl (C=O) groups excluding carboxylic acids is 3. The molecule has 0 saturated carbocycles. The molecule has 0 spiro atoms. The van der Waals surface area contributed by atoms with E-state index < -0.39 is 41.5 Å². The summed E-state index contributed by atoms with van der Waals surface area (Å²) in [6.07, 6.45) is -3.82. The number of aliphatic carboxylic acids is 1. The molecule has 9 nitrogen and oxygen atoms in total. The Morgan fingerprint density at radius 2 is 1.69 bits per heavy atom. The number of amides is 2. The van der Waals surface area contributed by atoms with Gasteiger partial charge in [0.2, 0.25) is 11.8 Å². The molecule has 3 unspecified atom stereocenters. The Kier molecular flexibility index (Phi) is 7.44. The molecule has 0 radical (unpaired) electrons. The lowest BCUT2D eigenvalue weighted by molar-refractivity contribution is -0.192. The number of benzene rings is 2. The third-order valence-electron chi connectivity index (χ3n) is 7.66. The topological polar surface area (TPSA) is 113 Å². The highest BCUT2D eigenvalue weighted by molar-refractivity contribution is 6.09. The van der Waals surface area contributed by atoms with Crippen LogP contribution >= 0.6 is 0 Å². The molecule has 4 atom stereocenters. The Morgan fingerprint density at radius 3 is 2.26 bits per heavy atom. The van der Waals surface area contributed by atoms with Crippen LogP contribution in [0.15, 0.2) is 48.5 Å². The minimum atomic E-state index is -5.08. The van der Waals surface area contributed by atoms with Gasteiger partial charge in [-0.1, -0.05) is 42.5 Å². The van der Waals surface area contributed by atoms with Crippen LogP contribution in [-0.2, 0) is 23.9 Å². The van der Waals surface area contributed by atoms with Gasteiger partial charge in [-0.05, 0) is 36.6 Å². The second-order valence-corrected chi connectivity index (χ2v) is 9.53. The summed E-state index contributed by atoms with van der Waals surface area (Å²) in [4.78, 5) is 51.6. The molecule has 1 N–H and O–H groups in total. The number of halogens is 3. The standard InChI is InChI=1S/C25H26N2O5.C2HF3O2/c1-26-22(28)19-20(23(26)29)25(24(30)32-3)12-7-13-27(25)21(19)16-10-11-17(18(14-16)31-2)15-8-5-4-6-9-15;3-2(4,5)1(6)7/h4-6,8-11,14,19-21H,7,12-13H2,1-3H3;(H,6,7)/t19?,20?,21?,25-;/m0./s1. The zero-order chi connectivity index (χ0) is 28.7. The van der Waals surface area contributed by atoms with Gasteiger partial charge in [0, 0.05) is 18.7 Å². The molecule has 0 bridgehead atoms. The lowest BCUT2D eigenvalue weighted by Gasteiger charge is -2.35. The largest absolute Gasteiger partial charge is 0.496 e. The molecule has 0 aliphatic carbocycles. The first kappa shape index (κ1) is 28.1. The normalized spacial score (nSPS) is 26.0. The van der Waals surface area contributed by atoms with Crippen LogP contribution in [0.5, 0.6) is 5.75 Å². The van der Waals surface area contributed by atoms with E-state index in [4.69, 9.17) is 19.4 Å². The Bertz CT molecular complexity index is 1300. The van der Waals surface area contributed by atoms with E-state index in [1.54, 1.807) is 7.11 Å². The van der Waals surface area contributed by atoms with Crippen molar-refractivity contribution < 1.29 is 46.9 Å². The van der Waals surface area contributed by atoms with Crippen LogP contribution in [0.3, 0.4) is 0 Å². The van der Waals surface area contributed by atoms with Gasteiger partial charge in [0.15, 0.2) is 0 Å². The fourth-order valence-corrected chi connectivity index (χ4v) is 6.09. The molecule has 3 fully saturated rings. The summed E-state index contributed by atoms with van der Waals surface area (Å²) in [6.45, 7) is 0.625. The number of nitrogens with zero attached hydrogens (tertiary/aromatic N) is 2. The summed E-state index contributed by atoms with van der Waals surface area (Å²) >= 11 is 0. The molecule has 2 amide bonds. The van der Waals surface area contributed by atoms with Gasteiger partial charge in [-0.15, -0.1) is 0 Å². The van der Waals surface area contributed by atoms with Crippen molar-refractivity contribution in [1.82, 2.24) is 9.80 Å². The fraction of sp³-hybridized carbons (Fsp3) is 0.407. The van der Waals surface area contributed by atoms with Crippen molar-refractivity contribution in [3.63, 3.8) is 0 Å². The maximum atomic E-state index is 13.2. The van der Waals surface area contributed by atoms with Crippen molar-refractivity contribution in [3.05, 3.63) is 54.1 Å². The third-order valence-corrected chi connectivity index (χ3v) is 7.66. The highest BCUT2D eigenvalue weighted by Crippen LogP contribution is 2.59. The predicted octanol–water partition coefficient (Wildman–Crippen LogP) is 3.29. The number of rotatable bonds is 4. The van der Waals surface area contributed by atoms with E-state index in [-0.39, 0.29) is 11.8 Å². The molecular weight excluding hydrogens is 521 g/mol. The van der Waals surface area contributed by atoms with E-state index in [0.29, 0.717) is 18.7 Å². The SMILES string of the molecule is COC(=O)[C@@]12CCCN1C(c1ccc(-c3ccccc3)c(OC)c1)C1C(=O)N(C)C(=O)C12.O=C(O)C(F)(F)F. The number of likely N-dealkylation sites (tertiary alicyclic amines) is 1. The minimum absolute atomic E-state index is 0.242. The highest BCUT2D eigenvalue weighted by Gasteiger charge is 2.73. The number of imide groups is 1. The number of carboxylic acids is 1. The Balaban J connectivity index is 0.000000448. The van der Waals surface area contributed by atoms with Gasteiger partial charge in [0.25, 0.3) is 0 Å². The van der Waals surface area contributed by atoms with Crippen molar-refractivity contribution >= 4 is 23.8 Å². The van der Waals surface area contributed by atoms with Crippen molar-refractivity contribution in [2.75, 3.05) is 27.8 Å². The monoisotopic (exact) mass is 548 g/mol. The van der Waals surface area contributed by atoms with Crippen LogP contribution in [0.2, 0.25) is 0 Å². The predicted molar refractivity (Wildman–Crippen MR) is 130 cm³/mol. The van der Waals surface area contributed by atoms with E-state index in [9.17, 15) is 27.6 Å². The molecule has 208 valence electrons. The summed E-state index contributed by atoms with van der Waals surface area (Å²) in [6, 6.07) is 15.4. The number of carbonyl (C=O) groups is 4. The first-order valence-corrected chi connectivity index (χ1v) is 12.1. The average Bonchev–Trinajstić information content (AvgIpc) is 3.54. The average molecular weight is 549 g/mol. The molecule has 3 aliphatic rings. The smallest absolute Gasteiger partial charge is 0.490 e. The zero-order valence-corrected chi connectivity index (χ0v) is 21.4. The maximum Gasteiger partial charge on any atom is 0.490 e. The van der Waals surface area contributed by atoms with Crippen molar-refractivity contribution in [2.45, 2.75) is 30.6 Å². The van der Waals surface area contributed by atoms with Gasteiger partial charge in [0.1, 0.15) is 11.3 Å². The molecule has 3 saturated heterocycles. The molecule has 0 aromatic heterocycles. The molecule has 5 rings (SSSR count). The zero-order valence-electron chi connectivity index (χ0n) is 21.4. The molecule has 3 heterocycles. The van der Waals surface area contributed by atoms with E-state index in [1.807, 2.05) is 53.4 Å². The van der Waals surface area contributed by atoms with Crippen molar-refractivity contribution in [2.24, 2.45) is 11.8 Å². The van der Waals surface area contributed by atoms with Crippen LogP contribution in [-0.4, -0.2) is 78.2 Å². The Morgan fingerprint density at radius 1 is 1.05 bits per heavy atom. The number of hydrogen-bond acceptors (Lipinski definition) is 7. The third kappa shape index (κ3) is 4.52. The summed E-state index contributed by atoms with van der Waals surface area (Å²) in [7, 11) is 4.47. The van der Waals surface area contributed by atoms with Gasteiger partial charge >= 0.3 is 18.1 Å². The number of alkyl halides is 3. The fourth-order valence-electron chi connectivity index (χ4n) is 6.09. The summed E-state index contributed by atoms with van der Waals surface area (Å²) < 4.78 is 42.6. The molecule has 3 aliphatic heterocycles. The van der Waals surface area contributed by atoms with Crippen molar-refractivity contribution in [3.8, 4) is 16.9 Å². The van der Waals surface area contributed by atoms with Crippen LogP contribution in [0.1, 0.15) is 24.4 Å². The van der Waals surface area contributed by atoms with Gasteiger partial charge in [-0.25, -0.2) is 4.79 Å². The molecule has 2 aromatic carbocycles. The first-order valence-electron chi connectivity index (χ1n) is 12.1. The second kappa shape index (κ2) is 10.3. The van der Waals surface area contributed by atoms with Crippen LogP contribution in [0, 0.1) is 11.8 Å². The van der Waals surface area contributed by atoms with E-state index in [1.165, 1.54) is 19.1 Å². The summed E-state index contributed by atoms with van der Waals surface area (Å²) in [5.41, 5.74) is 1.73.